The molecule has 0 saturated heterocycles. The Balaban J connectivity index is 2.56. The molecule has 3 unspecified atom stereocenters. The summed E-state index contributed by atoms with van der Waals surface area (Å²) in [6, 6.07) is 0.310. The molecule has 0 aromatic rings. The van der Waals surface area contributed by atoms with E-state index >= 15 is 0 Å². The molecule has 1 aliphatic rings. The zero-order valence-corrected chi connectivity index (χ0v) is 12.3. The molecule has 0 aromatic heterocycles. The average molecular weight is 254 g/mol. The van der Waals surface area contributed by atoms with Gasteiger partial charge in [0.2, 0.25) is 5.91 Å². The molecule has 1 aliphatic carbocycles. The van der Waals surface area contributed by atoms with Gasteiger partial charge >= 0.3 is 0 Å². The smallest absolute Gasteiger partial charge is 0.225 e. The molecule has 0 radical (unpaired) electrons. The molecule has 106 valence electrons. The first-order valence-corrected chi connectivity index (χ1v) is 7.64. The van der Waals surface area contributed by atoms with Gasteiger partial charge in [0, 0.05) is 25.0 Å². The SMILES string of the molecule is CCCN(CCC)C(=O)C(C)C1CCCC(N)C1. The molecule has 3 atom stereocenters. The summed E-state index contributed by atoms with van der Waals surface area (Å²) in [5.41, 5.74) is 6.03. The predicted molar refractivity (Wildman–Crippen MR) is 76.3 cm³/mol. The Bertz CT molecular complexity index is 249. The lowest BCUT2D eigenvalue weighted by atomic mass is 9.78. The minimum Gasteiger partial charge on any atom is -0.342 e. The van der Waals surface area contributed by atoms with Gasteiger partial charge in [-0.3, -0.25) is 4.79 Å². The molecule has 0 spiro atoms. The van der Waals surface area contributed by atoms with Crippen LogP contribution in [0.25, 0.3) is 0 Å². The van der Waals surface area contributed by atoms with Gasteiger partial charge in [0.15, 0.2) is 0 Å². The summed E-state index contributed by atoms with van der Waals surface area (Å²) in [6.45, 7) is 8.17. The highest BCUT2D eigenvalue weighted by Gasteiger charge is 2.30. The van der Waals surface area contributed by atoms with Gasteiger partial charge in [0.1, 0.15) is 0 Å². The Labute approximate surface area is 112 Å². The van der Waals surface area contributed by atoms with Gasteiger partial charge in [-0.2, -0.15) is 0 Å². The van der Waals surface area contributed by atoms with Crippen molar-refractivity contribution in [1.29, 1.82) is 0 Å². The van der Waals surface area contributed by atoms with Crippen LogP contribution in [0.15, 0.2) is 0 Å². The minimum absolute atomic E-state index is 0.148. The lowest BCUT2D eigenvalue weighted by Gasteiger charge is -2.33. The van der Waals surface area contributed by atoms with Crippen LogP contribution < -0.4 is 5.73 Å². The Morgan fingerprint density at radius 1 is 1.28 bits per heavy atom. The third kappa shape index (κ3) is 4.27. The van der Waals surface area contributed by atoms with Gasteiger partial charge in [-0.1, -0.05) is 27.2 Å². The number of hydrogen-bond acceptors (Lipinski definition) is 2. The van der Waals surface area contributed by atoms with Gasteiger partial charge in [0.25, 0.3) is 0 Å². The van der Waals surface area contributed by atoms with Crippen molar-refractivity contribution in [3.63, 3.8) is 0 Å². The maximum Gasteiger partial charge on any atom is 0.225 e. The number of amides is 1. The number of hydrogen-bond donors (Lipinski definition) is 1. The van der Waals surface area contributed by atoms with E-state index in [0.29, 0.717) is 17.9 Å². The van der Waals surface area contributed by atoms with Crippen LogP contribution in [-0.2, 0) is 4.79 Å². The number of nitrogens with two attached hydrogens (primary N) is 1. The van der Waals surface area contributed by atoms with Crippen molar-refractivity contribution in [3.8, 4) is 0 Å². The number of nitrogens with zero attached hydrogens (tertiary/aromatic N) is 1. The van der Waals surface area contributed by atoms with E-state index in [4.69, 9.17) is 5.73 Å². The summed E-state index contributed by atoms with van der Waals surface area (Å²) >= 11 is 0. The minimum atomic E-state index is 0.148. The van der Waals surface area contributed by atoms with Crippen LogP contribution in [0.1, 0.15) is 59.3 Å². The molecule has 0 aromatic carbocycles. The van der Waals surface area contributed by atoms with Crippen LogP contribution in [0.3, 0.4) is 0 Å². The molecule has 2 N–H and O–H groups in total. The summed E-state index contributed by atoms with van der Waals surface area (Å²) in [5.74, 6) is 0.990. The third-order valence-corrected chi connectivity index (χ3v) is 4.15. The van der Waals surface area contributed by atoms with E-state index in [1.165, 1.54) is 12.8 Å². The van der Waals surface area contributed by atoms with Crippen LogP contribution >= 0.6 is 0 Å². The third-order valence-electron chi connectivity index (χ3n) is 4.15. The van der Waals surface area contributed by atoms with E-state index in [1.807, 2.05) is 4.90 Å². The Kier molecular flexibility index (Phi) is 6.69. The van der Waals surface area contributed by atoms with E-state index in [2.05, 4.69) is 20.8 Å². The Hall–Kier alpha value is -0.570. The molecular formula is C15H30N2O. The molecule has 0 aliphatic heterocycles. The van der Waals surface area contributed by atoms with Crippen LogP contribution in [-0.4, -0.2) is 29.9 Å². The Morgan fingerprint density at radius 3 is 2.39 bits per heavy atom. The van der Waals surface area contributed by atoms with Crippen LogP contribution in [0.4, 0.5) is 0 Å². The van der Waals surface area contributed by atoms with E-state index in [-0.39, 0.29) is 5.92 Å². The molecule has 3 heteroatoms. The monoisotopic (exact) mass is 254 g/mol. The van der Waals surface area contributed by atoms with E-state index < -0.39 is 0 Å². The van der Waals surface area contributed by atoms with Crippen molar-refractivity contribution in [2.75, 3.05) is 13.1 Å². The second kappa shape index (κ2) is 7.78. The maximum atomic E-state index is 12.5. The Morgan fingerprint density at radius 2 is 1.89 bits per heavy atom. The quantitative estimate of drug-likeness (QED) is 0.792. The second-order valence-corrected chi connectivity index (χ2v) is 5.80. The van der Waals surface area contributed by atoms with Gasteiger partial charge in [-0.25, -0.2) is 0 Å². The van der Waals surface area contributed by atoms with Crippen molar-refractivity contribution in [3.05, 3.63) is 0 Å². The predicted octanol–water partition coefficient (Wildman–Crippen LogP) is 2.79. The van der Waals surface area contributed by atoms with E-state index in [1.54, 1.807) is 0 Å². The molecule has 1 fully saturated rings. The molecular weight excluding hydrogens is 224 g/mol. The summed E-state index contributed by atoms with van der Waals surface area (Å²) < 4.78 is 0. The van der Waals surface area contributed by atoms with Crippen LogP contribution in [0.2, 0.25) is 0 Å². The van der Waals surface area contributed by atoms with Crippen LogP contribution in [0.5, 0.6) is 0 Å². The highest BCUT2D eigenvalue weighted by molar-refractivity contribution is 5.78. The van der Waals surface area contributed by atoms with Crippen molar-refractivity contribution in [1.82, 2.24) is 4.90 Å². The molecule has 18 heavy (non-hydrogen) atoms. The van der Waals surface area contributed by atoms with Gasteiger partial charge in [0.05, 0.1) is 0 Å². The highest BCUT2D eigenvalue weighted by Crippen LogP contribution is 2.30. The highest BCUT2D eigenvalue weighted by atomic mass is 16.2. The lowest BCUT2D eigenvalue weighted by molar-refractivity contribution is -0.137. The molecule has 1 amide bonds. The van der Waals surface area contributed by atoms with Crippen molar-refractivity contribution >= 4 is 5.91 Å². The first kappa shape index (κ1) is 15.5. The first-order valence-electron chi connectivity index (χ1n) is 7.64. The summed E-state index contributed by atoms with van der Waals surface area (Å²) in [5, 5.41) is 0. The van der Waals surface area contributed by atoms with Crippen molar-refractivity contribution in [2.45, 2.75) is 65.3 Å². The summed E-state index contributed by atoms with van der Waals surface area (Å²) in [7, 11) is 0. The number of carbonyl (C=O) groups is 1. The summed E-state index contributed by atoms with van der Waals surface area (Å²) in [6.07, 6.45) is 6.60. The molecule has 1 rings (SSSR count). The molecule has 0 bridgehead atoms. The van der Waals surface area contributed by atoms with Crippen LogP contribution in [0, 0.1) is 11.8 Å². The molecule has 3 nitrogen and oxygen atoms in total. The zero-order valence-electron chi connectivity index (χ0n) is 12.3. The van der Waals surface area contributed by atoms with Crippen molar-refractivity contribution < 1.29 is 4.79 Å². The van der Waals surface area contributed by atoms with E-state index in [0.717, 1.165) is 38.8 Å². The standard InChI is InChI=1S/C15H30N2O/c1-4-9-17(10-5-2)15(18)12(3)13-7-6-8-14(16)11-13/h12-14H,4-11,16H2,1-3H3. The van der Waals surface area contributed by atoms with Gasteiger partial charge in [-0.15, -0.1) is 0 Å². The normalized spacial score (nSPS) is 25.8. The molecule has 0 heterocycles. The topological polar surface area (TPSA) is 46.3 Å². The fourth-order valence-electron chi connectivity index (χ4n) is 3.08. The average Bonchev–Trinajstić information content (AvgIpc) is 2.37. The van der Waals surface area contributed by atoms with E-state index in [9.17, 15) is 4.79 Å². The maximum absolute atomic E-state index is 12.5. The second-order valence-electron chi connectivity index (χ2n) is 5.80. The number of rotatable bonds is 6. The lowest BCUT2D eigenvalue weighted by Crippen LogP contribution is -2.41. The van der Waals surface area contributed by atoms with Gasteiger partial charge in [-0.05, 0) is 38.0 Å². The largest absolute Gasteiger partial charge is 0.342 e. The fourth-order valence-corrected chi connectivity index (χ4v) is 3.08. The number of carbonyl (C=O) groups excluding carboxylic acids is 1. The molecule has 1 saturated carbocycles. The summed E-state index contributed by atoms with van der Waals surface area (Å²) in [4.78, 5) is 14.6. The first-order chi connectivity index (χ1) is 8.60. The zero-order chi connectivity index (χ0) is 13.5. The van der Waals surface area contributed by atoms with Gasteiger partial charge < -0.3 is 10.6 Å². The fraction of sp³-hybridized carbons (Fsp3) is 0.933. The van der Waals surface area contributed by atoms with Crippen molar-refractivity contribution in [2.24, 2.45) is 17.6 Å².